The van der Waals surface area contributed by atoms with Gasteiger partial charge < -0.3 is 0 Å². The minimum absolute atomic E-state index is 0.0391. The molecule has 1 aromatic carbocycles. The van der Waals surface area contributed by atoms with Gasteiger partial charge in [-0.3, -0.25) is 0 Å². The number of nitrogens with zero attached hydrogens (tertiary/aromatic N) is 4. The van der Waals surface area contributed by atoms with E-state index in [0.717, 1.165) is 5.56 Å². The predicted molar refractivity (Wildman–Crippen MR) is 76.5 cm³/mol. The van der Waals surface area contributed by atoms with Crippen LogP contribution in [-0.2, 0) is 10.0 Å². The van der Waals surface area contributed by atoms with Crippen LogP contribution in [0.15, 0.2) is 23.1 Å². The number of rotatable bonds is 3. The van der Waals surface area contributed by atoms with Gasteiger partial charge in [-0.15, -0.1) is 10.2 Å². The van der Waals surface area contributed by atoms with Crippen LogP contribution in [0, 0.1) is 6.92 Å². The van der Waals surface area contributed by atoms with Crippen molar-refractivity contribution in [3.8, 4) is 0 Å². The second-order valence-corrected chi connectivity index (χ2v) is 7.37. The quantitative estimate of drug-likeness (QED) is 0.918. The summed E-state index contributed by atoms with van der Waals surface area (Å²) >= 11 is 6.08. The third-order valence-electron chi connectivity index (χ3n) is 3.58. The van der Waals surface area contributed by atoms with Crippen molar-refractivity contribution in [2.24, 2.45) is 0 Å². The van der Waals surface area contributed by atoms with Crippen molar-refractivity contribution < 1.29 is 8.42 Å². The van der Waals surface area contributed by atoms with E-state index in [0.29, 0.717) is 25.3 Å². The molecular weight excluding hydrogens is 314 g/mol. The lowest BCUT2D eigenvalue weighted by atomic mass is 10.1. The molecule has 1 aliphatic rings. The van der Waals surface area contributed by atoms with Gasteiger partial charge in [-0.2, -0.15) is 9.52 Å². The molecule has 0 aliphatic carbocycles. The molecule has 0 bridgehead atoms. The normalized spacial score (nSPS) is 20.0. The van der Waals surface area contributed by atoms with Gasteiger partial charge in [-0.05, 0) is 31.0 Å². The maximum atomic E-state index is 12.7. The Balaban J connectivity index is 1.86. The Bertz CT molecular complexity index is 747. The molecule has 1 aromatic heterocycles. The van der Waals surface area contributed by atoms with Crippen molar-refractivity contribution in [1.82, 2.24) is 24.9 Å². The van der Waals surface area contributed by atoms with Crippen LogP contribution in [0.25, 0.3) is 0 Å². The van der Waals surface area contributed by atoms with Crippen LogP contribution in [0.4, 0.5) is 0 Å². The van der Waals surface area contributed by atoms with Gasteiger partial charge in [-0.25, -0.2) is 8.42 Å². The van der Waals surface area contributed by atoms with Crippen molar-refractivity contribution in [3.63, 3.8) is 0 Å². The summed E-state index contributed by atoms with van der Waals surface area (Å²) in [4.78, 5) is 0.142. The molecule has 1 unspecified atom stereocenters. The van der Waals surface area contributed by atoms with Crippen molar-refractivity contribution in [2.45, 2.75) is 24.2 Å². The third kappa shape index (κ3) is 2.66. The zero-order chi connectivity index (χ0) is 15.0. The number of halogens is 1. The molecule has 2 heterocycles. The number of tetrazole rings is 1. The first-order chi connectivity index (χ1) is 9.98. The van der Waals surface area contributed by atoms with E-state index < -0.39 is 10.0 Å². The molecule has 21 heavy (non-hydrogen) atoms. The first kappa shape index (κ1) is 14.4. The fourth-order valence-electron chi connectivity index (χ4n) is 2.45. The molecule has 1 saturated heterocycles. The van der Waals surface area contributed by atoms with Gasteiger partial charge in [0.05, 0.1) is 5.02 Å². The van der Waals surface area contributed by atoms with E-state index in [1.54, 1.807) is 18.2 Å². The summed E-state index contributed by atoms with van der Waals surface area (Å²) in [6.07, 6.45) is 0.669. The molecule has 1 aliphatic heterocycles. The van der Waals surface area contributed by atoms with E-state index in [2.05, 4.69) is 20.6 Å². The van der Waals surface area contributed by atoms with Crippen LogP contribution in [0.3, 0.4) is 0 Å². The highest BCUT2D eigenvalue weighted by atomic mass is 35.5. The molecule has 0 amide bonds. The molecule has 2 aromatic rings. The van der Waals surface area contributed by atoms with Gasteiger partial charge in [-0.1, -0.05) is 22.9 Å². The maximum absolute atomic E-state index is 12.7. The number of hydrogen-bond donors (Lipinski definition) is 1. The summed E-state index contributed by atoms with van der Waals surface area (Å²) in [5.74, 6) is 0.505. The molecule has 0 spiro atoms. The van der Waals surface area contributed by atoms with Crippen LogP contribution < -0.4 is 0 Å². The maximum Gasteiger partial charge on any atom is 0.244 e. The first-order valence-corrected chi connectivity index (χ1v) is 8.30. The molecule has 7 nitrogen and oxygen atoms in total. The number of H-pyrrole nitrogens is 1. The Labute approximate surface area is 127 Å². The van der Waals surface area contributed by atoms with Gasteiger partial charge in [0.25, 0.3) is 0 Å². The summed E-state index contributed by atoms with van der Waals surface area (Å²) in [6, 6.07) is 4.95. The van der Waals surface area contributed by atoms with Gasteiger partial charge in [0.1, 0.15) is 4.90 Å². The average molecular weight is 328 g/mol. The monoisotopic (exact) mass is 327 g/mol. The Morgan fingerprint density at radius 3 is 2.90 bits per heavy atom. The first-order valence-electron chi connectivity index (χ1n) is 6.48. The van der Waals surface area contributed by atoms with E-state index >= 15 is 0 Å². The largest absolute Gasteiger partial charge is 0.244 e. The molecule has 0 saturated carbocycles. The minimum Gasteiger partial charge on any atom is -0.207 e. The van der Waals surface area contributed by atoms with Gasteiger partial charge >= 0.3 is 0 Å². The number of aromatic amines is 1. The number of aromatic nitrogens is 4. The average Bonchev–Trinajstić information content (AvgIpc) is 3.09. The summed E-state index contributed by atoms with van der Waals surface area (Å²) in [5.41, 5.74) is 0.921. The Hall–Kier alpha value is -1.51. The minimum atomic E-state index is -3.59. The Morgan fingerprint density at radius 1 is 1.43 bits per heavy atom. The van der Waals surface area contributed by atoms with Crippen molar-refractivity contribution in [2.75, 3.05) is 13.1 Å². The highest BCUT2D eigenvalue weighted by Crippen LogP contribution is 2.31. The number of nitrogens with one attached hydrogen (secondary N) is 1. The lowest BCUT2D eigenvalue weighted by Crippen LogP contribution is -2.29. The number of hydrogen-bond acceptors (Lipinski definition) is 5. The van der Waals surface area contributed by atoms with E-state index in [1.165, 1.54) is 4.31 Å². The zero-order valence-electron chi connectivity index (χ0n) is 11.3. The number of benzene rings is 1. The number of sulfonamides is 1. The fourth-order valence-corrected chi connectivity index (χ4v) is 4.53. The van der Waals surface area contributed by atoms with E-state index in [4.69, 9.17) is 11.6 Å². The highest BCUT2D eigenvalue weighted by Gasteiger charge is 2.35. The molecule has 112 valence electrons. The summed E-state index contributed by atoms with van der Waals surface area (Å²) < 4.78 is 26.7. The van der Waals surface area contributed by atoms with Gasteiger partial charge in [0.2, 0.25) is 10.0 Å². The zero-order valence-corrected chi connectivity index (χ0v) is 12.9. The molecular formula is C12H14ClN5O2S. The molecule has 1 fully saturated rings. The standard InChI is InChI=1S/C12H14ClN5O2S/c1-8-2-3-11(10(13)6-8)21(19,20)18-5-4-9(7-18)12-14-16-17-15-12/h2-3,6,9H,4-5,7H2,1H3,(H,14,15,16,17). The van der Waals surface area contributed by atoms with Crippen LogP contribution in [0.1, 0.15) is 23.7 Å². The molecule has 1 atom stereocenters. The molecule has 3 rings (SSSR count). The van der Waals surface area contributed by atoms with Crippen molar-refractivity contribution >= 4 is 21.6 Å². The summed E-state index contributed by atoms with van der Waals surface area (Å²) in [6.45, 7) is 2.63. The molecule has 1 N–H and O–H groups in total. The topological polar surface area (TPSA) is 91.8 Å². The second-order valence-electron chi connectivity index (χ2n) is 5.05. The fraction of sp³-hybridized carbons (Fsp3) is 0.417. The highest BCUT2D eigenvalue weighted by molar-refractivity contribution is 7.89. The summed E-state index contributed by atoms with van der Waals surface area (Å²) in [7, 11) is -3.59. The Morgan fingerprint density at radius 2 is 2.24 bits per heavy atom. The lowest BCUT2D eigenvalue weighted by Gasteiger charge is -2.17. The second kappa shape index (κ2) is 5.36. The van der Waals surface area contributed by atoms with E-state index in [9.17, 15) is 8.42 Å². The van der Waals surface area contributed by atoms with Crippen molar-refractivity contribution in [3.05, 3.63) is 34.6 Å². The molecule has 0 radical (unpaired) electrons. The third-order valence-corrected chi connectivity index (χ3v) is 5.93. The Kier molecular flexibility index (Phi) is 3.68. The summed E-state index contributed by atoms with van der Waals surface area (Å²) in [5, 5.41) is 14.0. The van der Waals surface area contributed by atoms with Gasteiger partial charge in [0, 0.05) is 19.0 Å². The van der Waals surface area contributed by atoms with E-state index in [1.807, 2.05) is 6.92 Å². The number of aryl methyl sites for hydroxylation is 1. The van der Waals surface area contributed by atoms with Crippen LogP contribution in [-0.4, -0.2) is 46.4 Å². The van der Waals surface area contributed by atoms with Crippen LogP contribution in [0.5, 0.6) is 0 Å². The van der Waals surface area contributed by atoms with E-state index in [-0.39, 0.29) is 15.8 Å². The smallest absolute Gasteiger partial charge is 0.207 e. The molecule has 9 heteroatoms. The van der Waals surface area contributed by atoms with Gasteiger partial charge in [0.15, 0.2) is 5.82 Å². The van der Waals surface area contributed by atoms with Crippen LogP contribution in [0.2, 0.25) is 5.02 Å². The van der Waals surface area contributed by atoms with Crippen LogP contribution >= 0.6 is 11.6 Å². The SMILES string of the molecule is Cc1ccc(S(=O)(=O)N2CCC(c3nn[nH]n3)C2)c(Cl)c1. The predicted octanol–water partition coefficient (Wildman–Crippen LogP) is 1.34. The van der Waals surface area contributed by atoms with Crippen molar-refractivity contribution in [1.29, 1.82) is 0 Å². The lowest BCUT2D eigenvalue weighted by molar-refractivity contribution is 0.471.